The standard InChI is InChI=1S/C22H24N2/c1-16-13-17(2)22(18(3)14-16)24(4)15-20-11-8-12-21(23-20)19-9-6-5-7-10-19/h5-14H,15H2,1-4H3. The zero-order chi connectivity index (χ0) is 17.1. The molecule has 1 heterocycles. The zero-order valence-electron chi connectivity index (χ0n) is 14.9. The van der Waals surface area contributed by atoms with Crippen LogP contribution in [0.2, 0.25) is 0 Å². The number of pyridine rings is 1. The Morgan fingerprint density at radius 3 is 2.17 bits per heavy atom. The second-order valence-electron chi connectivity index (χ2n) is 6.48. The third-order valence-electron chi connectivity index (χ3n) is 4.29. The Labute approximate surface area is 144 Å². The average Bonchev–Trinajstić information content (AvgIpc) is 2.55. The molecule has 0 radical (unpaired) electrons. The highest BCUT2D eigenvalue weighted by Crippen LogP contribution is 2.26. The van der Waals surface area contributed by atoms with E-state index in [1.165, 1.54) is 22.4 Å². The second kappa shape index (κ2) is 6.88. The average molecular weight is 316 g/mol. The maximum atomic E-state index is 4.84. The fourth-order valence-electron chi connectivity index (χ4n) is 3.43. The molecule has 2 heteroatoms. The molecule has 122 valence electrons. The van der Waals surface area contributed by atoms with Crippen LogP contribution in [0.4, 0.5) is 5.69 Å². The Kier molecular flexibility index (Phi) is 4.66. The largest absolute Gasteiger partial charge is 0.368 e. The normalized spacial score (nSPS) is 10.7. The van der Waals surface area contributed by atoms with E-state index >= 15 is 0 Å². The summed E-state index contributed by atoms with van der Waals surface area (Å²) in [4.78, 5) is 7.14. The summed E-state index contributed by atoms with van der Waals surface area (Å²) in [5.41, 5.74) is 8.50. The minimum atomic E-state index is 0.797. The Bertz CT molecular complexity index is 815. The molecule has 24 heavy (non-hydrogen) atoms. The first kappa shape index (κ1) is 16.3. The van der Waals surface area contributed by atoms with Crippen molar-refractivity contribution >= 4 is 5.69 Å². The van der Waals surface area contributed by atoms with Crippen LogP contribution in [0.3, 0.4) is 0 Å². The summed E-state index contributed by atoms with van der Waals surface area (Å²) in [6.07, 6.45) is 0. The molecule has 0 spiro atoms. The third kappa shape index (κ3) is 3.48. The Morgan fingerprint density at radius 1 is 0.833 bits per heavy atom. The predicted molar refractivity (Wildman–Crippen MR) is 102 cm³/mol. The molecule has 0 bridgehead atoms. The van der Waals surface area contributed by atoms with Crippen LogP contribution in [0.25, 0.3) is 11.3 Å². The van der Waals surface area contributed by atoms with Crippen molar-refractivity contribution in [2.45, 2.75) is 27.3 Å². The molecular weight excluding hydrogens is 292 g/mol. The lowest BCUT2D eigenvalue weighted by molar-refractivity contribution is 0.877. The van der Waals surface area contributed by atoms with Gasteiger partial charge in [-0.25, -0.2) is 0 Å². The van der Waals surface area contributed by atoms with Crippen molar-refractivity contribution in [1.82, 2.24) is 4.98 Å². The molecular formula is C22H24N2. The van der Waals surface area contributed by atoms with Crippen LogP contribution in [-0.2, 0) is 6.54 Å². The van der Waals surface area contributed by atoms with Crippen LogP contribution >= 0.6 is 0 Å². The van der Waals surface area contributed by atoms with Crippen molar-refractivity contribution in [1.29, 1.82) is 0 Å². The summed E-state index contributed by atoms with van der Waals surface area (Å²) >= 11 is 0. The van der Waals surface area contributed by atoms with Gasteiger partial charge in [0.05, 0.1) is 17.9 Å². The van der Waals surface area contributed by atoms with Crippen molar-refractivity contribution < 1.29 is 0 Å². The summed E-state index contributed by atoms with van der Waals surface area (Å²) < 4.78 is 0. The van der Waals surface area contributed by atoms with E-state index in [9.17, 15) is 0 Å². The molecule has 1 aromatic heterocycles. The Balaban J connectivity index is 1.87. The number of aryl methyl sites for hydroxylation is 3. The molecule has 0 atom stereocenters. The van der Waals surface area contributed by atoms with E-state index in [1.807, 2.05) is 6.07 Å². The quantitative estimate of drug-likeness (QED) is 0.648. The highest BCUT2D eigenvalue weighted by atomic mass is 15.1. The van der Waals surface area contributed by atoms with Gasteiger partial charge < -0.3 is 4.90 Å². The van der Waals surface area contributed by atoms with Crippen LogP contribution in [-0.4, -0.2) is 12.0 Å². The molecule has 0 unspecified atom stereocenters. The number of benzene rings is 2. The topological polar surface area (TPSA) is 16.1 Å². The number of rotatable bonds is 4. The molecule has 0 N–H and O–H groups in total. The second-order valence-corrected chi connectivity index (χ2v) is 6.48. The highest BCUT2D eigenvalue weighted by Gasteiger charge is 2.10. The van der Waals surface area contributed by atoms with Gasteiger partial charge in [-0.2, -0.15) is 0 Å². The summed E-state index contributed by atoms with van der Waals surface area (Å²) in [6.45, 7) is 7.30. The minimum absolute atomic E-state index is 0.797. The number of hydrogen-bond donors (Lipinski definition) is 0. The van der Waals surface area contributed by atoms with Gasteiger partial charge in [0.1, 0.15) is 0 Å². The first-order chi connectivity index (χ1) is 11.5. The number of aromatic nitrogens is 1. The van der Waals surface area contributed by atoms with Crippen molar-refractivity contribution in [3.63, 3.8) is 0 Å². The molecule has 2 nitrogen and oxygen atoms in total. The van der Waals surface area contributed by atoms with Gasteiger partial charge in [-0.1, -0.05) is 54.1 Å². The van der Waals surface area contributed by atoms with Crippen molar-refractivity contribution in [2.75, 3.05) is 11.9 Å². The van der Waals surface area contributed by atoms with E-state index in [4.69, 9.17) is 4.98 Å². The van der Waals surface area contributed by atoms with E-state index in [-0.39, 0.29) is 0 Å². The summed E-state index contributed by atoms with van der Waals surface area (Å²) in [6, 6.07) is 21.1. The van der Waals surface area contributed by atoms with Gasteiger partial charge in [-0.05, 0) is 44.0 Å². The molecule has 0 amide bonds. The lowest BCUT2D eigenvalue weighted by Gasteiger charge is -2.24. The minimum Gasteiger partial charge on any atom is -0.368 e. The van der Waals surface area contributed by atoms with E-state index in [1.54, 1.807) is 0 Å². The summed E-state index contributed by atoms with van der Waals surface area (Å²) in [5.74, 6) is 0. The molecule has 0 fully saturated rings. The van der Waals surface area contributed by atoms with Crippen LogP contribution in [0.1, 0.15) is 22.4 Å². The number of anilines is 1. The van der Waals surface area contributed by atoms with Gasteiger partial charge in [0.15, 0.2) is 0 Å². The molecule has 0 aliphatic carbocycles. The zero-order valence-corrected chi connectivity index (χ0v) is 14.9. The number of hydrogen-bond acceptors (Lipinski definition) is 2. The molecule has 0 aliphatic heterocycles. The molecule has 0 aliphatic rings. The van der Waals surface area contributed by atoms with Gasteiger partial charge in [0.2, 0.25) is 0 Å². The molecule has 0 saturated heterocycles. The van der Waals surface area contributed by atoms with E-state index in [2.05, 4.69) is 87.3 Å². The maximum absolute atomic E-state index is 4.84. The monoisotopic (exact) mass is 316 g/mol. The van der Waals surface area contributed by atoms with Crippen molar-refractivity contribution in [2.24, 2.45) is 0 Å². The van der Waals surface area contributed by atoms with Crippen LogP contribution in [0.5, 0.6) is 0 Å². The highest BCUT2D eigenvalue weighted by molar-refractivity contribution is 5.61. The maximum Gasteiger partial charge on any atom is 0.0706 e. The van der Waals surface area contributed by atoms with Gasteiger partial charge >= 0.3 is 0 Å². The molecule has 3 rings (SSSR count). The summed E-state index contributed by atoms with van der Waals surface area (Å²) in [5, 5.41) is 0. The number of nitrogens with zero attached hydrogens (tertiary/aromatic N) is 2. The molecule has 3 aromatic rings. The van der Waals surface area contributed by atoms with Gasteiger partial charge in [0.25, 0.3) is 0 Å². The Morgan fingerprint density at radius 2 is 1.50 bits per heavy atom. The summed E-state index contributed by atoms with van der Waals surface area (Å²) in [7, 11) is 2.14. The third-order valence-corrected chi connectivity index (χ3v) is 4.29. The first-order valence-electron chi connectivity index (χ1n) is 8.35. The fourth-order valence-corrected chi connectivity index (χ4v) is 3.43. The molecule has 2 aromatic carbocycles. The van der Waals surface area contributed by atoms with Gasteiger partial charge in [0, 0.05) is 18.3 Å². The van der Waals surface area contributed by atoms with Crippen LogP contribution in [0, 0.1) is 20.8 Å². The smallest absolute Gasteiger partial charge is 0.0706 e. The van der Waals surface area contributed by atoms with Crippen molar-refractivity contribution in [3.05, 3.63) is 83.0 Å². The van der Waals surface area contributed by atoms with Crippen LogP contribution < -0.4 is 4.90 Å². The van der Waals surface area contributed by atoms with Gasteiger partial charge in [-0.3, -0.25) is 4.98 Å². The first-order valence-corrected chi connectivity index (χ1v) is 8.35. The molecule has 0 saturated carbocycles. The lowest BCUT2D eigenvalue weighted by Crippen LogP contribution is -2.19. The SMILES string of the molecule is Cc1cc(C)c(N(C)Cc2cccc(-c3ccccc3)n2)c(C)c1. The van der Waals surface area contributed by atoms with Crippen LogP contribution in [0.15, 0.2) is 60.7 Å². The fraction of sp³-hybridized carbons (Fsp3) is 0.227. The predicted octanol–water partition coefficient (Wildman–Crippen LogP) is 5.31. The van der Waals surface area contributed by atoms with E-state index < -0.39 is 0 Å². The Hall–Kier alpha value is -2.61. The van der Waals surface area contributed by atoms with Crippen molar-refractivity contribution in [3.8, 4) is 11.3 Å². The van der Waals surface area contributed by atoms with E-state index in [0.29, 0.717) is 0 Å². The lowest BCUT2D eigenvalue weighted by atomic mass is 10.0. The van der Waals surface area contributed by atoms with E-state index in [0.717, 1.165) is 23.5 Å². The van der Waals surface area contributed by atoms with Gasteiger partial charge in [-0.15, -0.1) is 0 Å².